The maximum atomic E-state index is 5.57. The van der Waals surface area contributed by atoms with Crippen molar-refractivity contribution in [1.82, 2.24) is 9.88 Å². The molecule has 1 saturated heterocycles. The fourth-order valence-corrected chi connectivity index (χ4v) is 3.33. The van der Waals surface area contributed by atoms with Crippen LogP contribution in [0.2, 0.25) is 0 Å². The van der Waals surface area contributed by atoms with E-state index in [1.807, 2.05) is 0 Å². The molecule has 0 bridgehead atoms. The number of hydrogen-bond acceptors (Lipinski definition) is 5. The van der Waals surface area contributed by atoms with Gasteiger partial charge in [0.25, 0.3) is 0 Å². The molecule has 0 aliphatic carbocycles. The molecule has 112 valence electrons. The molecule has 1 aliphatic heterocycles. The topological polar surface area (TPSA) is 51.4 Å². The Hall–Kier alpha value is -1.27. The van der Waals surface area contributed by atoms with Crippen molar-refractivity contribution < 1.29 is 4.74 Å². The number of benzene rings is 1. The van der Waals surface area contributed by atoms with Gasteiger partial charge in [0.2, 0.25) is 0 Å². The Morgan fingerprint density at radius 1 is 1.19 bits per heavy atom. The third-order valence-electron chi connectivity index (χ3n) is 3.66. The van der Waals surface area contributed by atoms with Gasteiger partial charge in [0.1, 0.15) is 5.01 Å². The van der Waals surface area contributed by atoms with Crippen LogP contribution in [0.5, 0.6) is 0 Å². The van der Waals surface area contributed by atoms with Gasteiger partial charge in [-0.05, 0) is 12.1 Å². The maximum Gasteiger partial charge on any atom is 0.123 e. The van der Waals surface area contributed by atoms with Crippen molar-refractivity contribution >= 4 is 11.3 Å². The van der Waals surface area contributed by atoms with Gasteiger partial charge < -0.3 is 10.5 Å². The van der Waals surface area contributed by atoms with Crippen LogP contribution in [0.1, 0.15) is 11.3 Å². The summed E-state index contributed by atoms with van der Waals surface area (Å²) in [7, 11) is 0. The van der Waals surface area contributed by atoms with Gasteiger partial charge in [-0.25, -0.2) is 4.98 Å². The van der Waals surface area contributed by atoms with E-state index in [4.69, 9.17) is 10.5 Å². The molecule has 1 aromatic heterocycles. The largest absolute Gasteiger partial charge is 0.379 e. The van der Waals surface area contributed by atoms with E-state index >= 15 is 0 Å². The van der Waals surface area contributed by atoms with Crippen molar-refractivity contribution in [3.05, 3.63) is 40.9 Å². The van der Waals surface area contributed by atoms with E-state index < -0.39 is 0 Å². The maximum absolute atomic E-state index is 5.57. The number of rotatable bonds is 5. The molecule has 4 nitrogen and oxygen atoms in total. The zero-order chi connectivity index (χ0) is 14.5. The van der Waals surface area contributed by atoms with Crippen LogP contribution in [0.4, 0.5) is 0 Å². The minimum Gasteiger partial charge on any atom is -0.379 e. The van der Waals surface area contributed by atoms with E-state index in [9.17, 15) is 0 Å². The number of hydrogen-bond donors (Lipinski definition) is 1. The summed E-state index contributed by atoms with van der Waals surface area (Å²) in [5.74, 6) is 0. The molecule has 1 aliphatic rings. The van der Waals surface area contributed by atoms with Crippen molar-refractivity contribution in [1.29, 1.82) is 0 Å². The predicted molar refractivity (Wildman–Crippen MR) is 86.4 cm³/mol. The number of aromatic nitrogens is 1. The van der Waals surface area contributed by atoms with Crippen LogP contribution in [0, 0.1) is 0 Å². The fraction of sp³-hybridized carbons (Fsp3) is 0.438. The van der Waals surface area contributed by atoms with E-state index in [1.165, 1.54) is 11.1 Å². The Labute approximate surface area is 129 Å². The van der Waals surface area contributed by atoms with E-state index in [1.54, 1.807) is 11.3 Å². The number of ether oxygens (including phenoxy) is 1. The van der Waals surface area contributed by atoms with Crippen LogP contribution in [0.25, 0.3) is 10.6 Å². The van der Waals surface area contributed by atoms with Gasteiger partial charge >= 0.3 is 0 Å². The van der Waals surface area contributed by atoms with Crippen LogP contribution in [-0.2, 0) is 17.7 Å². The van der Waals surface area contributed by atoms with Gasteiger partial charge in [-0.1, -0.05) is 24.3 Å². The molecular formula is C16H21N3OS. The van der Waals surface area contributed by atoms with E-state index in [0.717, 1.165) is 50.0 Å². The normalized spacial score (nSPS) is 16.2. The van der Waals surface area contributed by atoms with Gasteiger partial charge in [-0.2, -0.15) is 0 Å². The smallest absolute Gasteiger partial charge is 0.123 e. The molecule has 2 aromatic rings. The van der Waals surface area contributed by atoms with Crippen molar-refractivity contribution in [2.75, 3.05) is 32.8 Å². The predicted octanol–water partition coefficient (Wildman–Crippen LogP) is 2.14. The average Bonchev–Trinajstić information content (AvgIpc) is 2.98. The summed E-state index contributed by atoms with van der Waals surface area (Å²) >= 11 is 1.69. The molecule has 1 fully saturated rings. The SMILES string of the molecule is NCCc1csc(-c2ccc(CN3CCOCC3)cc2)n1. The first-order chi connectivity index (χ1) is 10.3. The second kappa shape index (κ2) is 7.13. The third-order valence-corrected chi connectivity index (χ3v) is 4.60. The molecule has 2 N–H and O–H groups in total. The number of thiazole rings is 1. The first-order valence-electron chi connectivity index (χ1n) is 7.39. The second-order valence-corrected chi connectivity index (χ2v) is 6.13. The third kappa shape index (κ3) is 3.89. The quantitative estimate of drug-likeness (QED) is 0.919. The standard InChI is InChI=1S/C16H21N3OS/c17-6-5-15-12-21-16(18-15)14-3-1-13(2-4-14)11-19-7-9-20-10-8-19/h1-4,12H,5-11,17H2. The Kier molecular flexibility index (Phi) is 4.98. The molecule has 1 aromatic carbocycles. The molecule has 0 radical (unpaired) electrons. The summed E-state index contributed by atoms with van der Waals surface area (Å²) in [6.45, 7) is 5.40. The summed E-state index contributed by atoms with van der Waals surface area (Å²) in [6, 6.07) is 8.74. The molecular weight excluding hydrogens is 282 g/mol. The monoisotopic (exact) mass is 303 g/mol. The molecule has 0 atom stereocenters. The first kappa shape index (κ1) is 14.7. The molecule has 0 amide bonds. The summed E-state index contributed by atoms with van der Waals surface area (Å²) in [5.41, 5.74) is 9.20. The van der Waals surface area contributed by atoms with Crippen molar-refractivity contribution in [2.45, 2.75) is 13.0 Å². The second-order valence-electron chi connectivity index (χ2n) is 5.27. The Morgan fingerprint density at radius 2 is 1.95 bits per heavy atom. The zero-order valence-electron chi connectivity index (χ0n) is 12.1. The van der Waals surface area contributed by atoms with Gasteiger partial charge in [0.15, 0.2) is 0 Å². The lowest BCUT2D eigenvalue weighted by Gasteiger charge is -2.26. The molecule has 21 heavy (non-hydrogen) atoms. The minimum atomic E-state index is 0.654. The lowest BCUT2D eigenvalue weighted by molar-refractivity contribution is 0.0342. The first-order valence-corrected chi connectivity index (χ1v) is 8.27. The molecule has 0 unspecified atom stereocenters. The van der Waals surface area contributed by atoms with Crippen LogP contribution in [0.3, 0.4) is 0 Å². The van der Waals surface area contributed by atoms with Gasteiger partial charge in [-0.3, -0.25) is 4.90 Å². The fourth-order valence-electron chi connectivity index (χ4n) is 2.47. The molecule has 0 spiro atoms. The van der Waals surface area contributed by atoms with Crippen LogP contribution in [-0.4, -0.2) is 42.7 Å². The minimum absolute atomic E-state index is 0.654. The van der Waals surface area contributed by atoms with Crippen molar-refractivity contribution in [2.24, 2.45) is 5.73 Å². The van der Waals surface area contributed by atoms with Crippen LogP contribution >= 0.6 is 11.3 Å². The average molecular weight is 303 g/mol. The summed E-state index contributed by atoms with van der Waals surface area (Å²) < 4.78 is 5.38. The molecule has 3 rings (SSSR count). The van der Waals surface area contributed by atoms with E-state index in [-0.39, 0.29) is 0 Å². The van der Waals surface area contributed by atoms with Crippen LogP contribution < -0.4 is 5.73 Å². The van der Waals surface area contributed by atoms with E-state index in [2.05, 4.69) is 39.5 Å². The van der Waals surface area contributed by atoms with Crippen LogP contribution in [0.15, 0.2) is 29.6 Å². The zero-order valence-corrected chi connectivity index (χ0v) is 12.9. The van der Waals surface area contributed by atoms with Crippen molar-refractivity contribution in [3.8, 4) is 10.6 Å². The van der Waals surface area contributed by atoms with E-state index in [0.29, 0.717) is 6.54 Å². The summed E-state index contributed by atoms with van der Waals surface area (Å²) in [4.78, 5) is 7.06. The molecule has 5 heteroatoms. The highest BCUT2D eigenvalue weighted by atomic mass is 32.1. The highest BCUT2D eigenvalue weighted by molar-refractivity contribution is 7.13. The number of morpholine rings is 1. The Bertz CT molecular complexity index is 561. The lowest BCUT2D eigenvalue weighted by Crippen LogP contribution is -2.35. The molecule has 0 saturated carbocycles. The summed E-state index contributed by atoms with van der Waals surface area (Å²) in [5, 5.41) is 3.18. The Balaban J connectivity index is 1.65. The van der Waals surface area contributed by atoms with Gasteiger partial charge in [0.05, 0.1) is 18.9 Å². The van der Waals surface area contributed by atoms with Gasteiger partial charge in [-0.15, -0.1) is 11.3 Å². The van der Waals surface area contributed by atoms with Gasteiger partial charge in [0, 0.05) is 37.0 Å². The highest BCUT2D eigenvalue weighted by Gasteiger charge is 2.11. The molecule has 2 heterocycles. The van der Waals surface area contributed by atoms with Crippen molar-refractivity contribution in [3.63, 3.8) is 0 Å². The highest BCUT2D eigenvalue weighted by Crippen LogP contribution is 2.24. The number of nitrogens with zero attached hydrogens (tertiary/aromatic N) is 2. The lowest BCUT2D eigenvalue weighted by atomic mass is 10.1. The Morgan fingerprint density at radius 3 is 2.67 bits per heavy atom. The number of nitrogens with two attached hydrogens (primary N) is 1. The summed E-state index contributed by atoms with van der Waals surface area (Å²) in [6.07, 6.45) is 0.853.